The Labute approximate surface area is 183 Å². The largest absolute Gasteiger partial charge is 0.289 e. The molecule has 0 aromatic carbocycles. The first-order valence-corrected chi connectivity index (χ1v) is 11.3. The third-order valence-corrected chi connectivity index (χ3v) is 5.54. The van der Waals surface area contributed by atoms with Gasteiger partial charge in [0, 0.05) is 22.3 Å². The summed E-state index contributed by atoms with van der Waals surface area (Å²) in [7, 11) is 0. The number of rotatable bonds is 4. The number of hydrogen-bond acceptors (Lipinski definition) is 2. The predicted octanol–water partition coefficient (Wildman–Crippen LogP) is 7.34. The SMILES string of the molecule is CC(C)CC1=CC(=C2C=C(C(C)(C)C)C(=O)C(C(C)(C)C)=C2)C=C(CC(C)C)C1=O. The van der Waals surface area contributed by atoms with Gasteiger partial charge >= 0.3 is 0 Å². The molecule has 0 heterocycles. The monoisotopic (exact) mass is 408 g/mol. The summed E-state index contributed by atoms with van der Waals surface area (Å²) in [5.41, 5.74) is 5.06. The third kappa shape index (κ3) is 5.59. The van der Waals surface area contributed by atoms with Crippen LogP contribution in [-0.2, 0) is 9.59 Å². The van der Waals surface area contributed by atoms with Crippen LogP contribution in [0.1, 0.15) is 82.1 Å². The quantitative estimate of drug-likeness (QED) is 0.487. The van der Waals surface area contributed by atoms with Crippen molar-refractivity contribution in [3.05, 3.63) is 57.7 Å². The fourth-order valence-corrected chi connectivity index (χ4v) is 4.01. The molecule has 164 valence electrons. The molecule has 2 rings (SSSR count). The van der Waals surface area contributed by atoms with Gasteiger partial charge in [0.2, 0.25) is 0 Å². The van der Waals surface area contributed by atoms with Crippen LogP contribution in [0.3, 0.4) is 0 Å². The van der Waals surface area contributed by atoms with Crippen molar-refractivity contribution in [3.63, 3.8) is 0 Å². The van der Waals surface area contributed by atoms with E-state index in [9.17, 15) is 9.59 Å². The summed E-state index contributed by atoms with van der Waals surface area (Å²) < 4.78 is 0. The third-order valence-electron chi connectivity index (χ3n) is 5.54. The van der Waals surface area contributed by atoms with Crippen molar-refractivity contribution < 1.29 is 9.59 Å². The Balaban J connectivity index is 2.77. The highest BCUT2D eigenvalue weighted by Gasteiger charge is 2.34. The number of ketones is 2. The lowest BCUT2D eigenvalue weighted by Crippen LogP contribution is -2.28. The van der Waals surface area contributed by atoms with E-state index in [2.05, 4.69) is 93.5 Å². The highest BCUT2D eigenvalue weighted by Crippen LogP contribution is 2.40. The summed E-state index contributed by atoms with van der Waals surface area (Å²) in [6.07, 6.45) is 9.77. The maximum absolute atomic E-state index is 13.3. The van der Waals surface area contributed by atoms with Gasteiger partial charge in [-0.25, -0.2) is 0 Å². The second kappa shape index (κ2) is 8.65. The molecule has 0 aliphatic heterocycles. The van der Waals surface area contributed by atoms with Crippen LogP contribution in [0.5, 0.6) is 0 Å². The number of Topliss-reactive ketones (excluding diaryl/α,β-unsaturated/α-hetero) is 2. The second-order valence-corrected chi connectivity index (χ2v) is 11.7. The van der Waals surface area contributed by atoms with Crippen molar-refractivity contribution >= 4 is 11.6 Å². The van der Waals surface area contributed by atoms with Crippen LogP contribution in [0, 0.1) is 22.7 Å². The van der Waals surface area contributed by atoms with Crippen molar-refractivity contribution in [2.75, 3.05) is 0 Å². The summed E-state index contributed by atoms with van der Waals surface area (Å²) in [6, 6.07) is 0. The molecule has 0 aromatic heterocycles. The summed E-state index contributed by atoms with van der Waals surface area (Å²) in [5, 5.41) is 0. The zero-order valence-corrected chi connectivity index (χ0v) is 20.7. The Morgan fingerprint density at radius 2 is 0.933 bits per heavy atom. The number of hydrogen-bond donors (Lipinski definition) is 0. The molecule has 0 aromatic rings. The van der Waals surface area contributed by atoms with E-state index in [0.29, 0.717) is 11.8 Å². The lowest BCUT2D eigenvalue weighted by Gasteiger charge is -2.32. The Kier molecular flexibility index (Phi) is 7.01. The topological polar surface area (TPSA) is 34.1 Å². The van der Waals surface area contributed by atoms with E-state index in [1.165, 1.54) is 0 Å². The number of carbonyl (C=O) groups is 2. The van der Waals surface area contributed by atoms with Crippen molar-refractivity contribution in [2.45, 2.75) is 82.1 Å². The molecular formula is C28H40O2. The van der Waals surface area contributed by atoms with Crippen LogP contribution in [-0.4, -0.2) is 11.6 Å². The molecule has 0 saturated carbocycles. The first-order valence-electron chi connectivity index (χ1n) is 11.3. The molecule has 30 heavy (non-hydrogen) atoms. The normalized spacial score (nSPS) is 18.7. The zero-order valence-electron chi connectivity index (χ0n) is 20.7. The first kappa shape index (κ1) is 24.3. The molecule has 2 heteroatoms. The van der Waals surface area contributed by atoms with Crippen LogP contribution in [0.4, 0.5) is 0 Å². The van der Waals surface area contributed by atoms with Gasteiger partial charge in [0.05, 0.1) is 0 Å². The standard InChI is InChI=1S/C28H40O2/c1-17(2)11-21-13-19(14-22(25(21)29)12-18(3)4)20-15-23(27(5,6)7)26(30)24(16-20)28(8,9)10/h13-18H,11-12H2,1-10H3. The van der Waals surface area contributed by atoms with Crippen LogP contribution < -0.4 is 0 Å². The molecule has 0 atom stereocenters. The van der Waals surface area contributed by atoms with Gasteiger partial charge in [-0.2, -0.15) is 0 Å². The Bertz CT molecular complexity index is 814. The highest BCUT2D eigenvalue weighted by atomic mass is 16.1. The Morgan fingerprint density at radius 1 is 0.600 bits per heavy atom. The molecule has 0 unspecified atom stereocenters. The minimum absolute atomic E-state index is 0.143. The van der Waals surface area contributed by atoms with Gasteiger partial charge in [0.25, 0.3) is 0 Å². The summed E-state index contributed by atoms with van der Waals surface area (Å²) in [6.45, 7) is 21.1. The second-order valence-electron chi connectivity index (χ2n) is 11.7. The van der Waals surface area contributed by atoms with E-state index in [4.69, 9.17) is 0 Å². The molecule has 0 N–H and O–H groups in total. The number of carbonyl (C=O) groups excluding carboxylic acids is 2. The van der Waals surface area contributed by atoms with E-state index in [-0.39, 0.29) is 22.4 Å². The van der Waals surface area contributed by atoms with Crippen LogP contribution in [0.2, 0.25) is 0 Å². The number of allylic oxidation sites excluding steroid dienone is 10. The zero-order chi connectivity index (χ0) is 23.0. The molecular weight excluding hydrogens is 368 g/mol. The molecule has 0 fully saturated rings. The Morgan fingerprint density at radius 3 is 1.23 bits per heavy atom. The van der Waals surface area contributed by atoms with E-state index >= 15 is 0 Å². The minimum atomic E-state index is -0.243. The highest BCUT2D eigenvalue weighted by molar-refractivity contribution is 6.13. The van der Waals surface area contributed by atoms with Crippen molar-refractivity contribution in [1.82, 2.24) is 0 Å². The average molecular weight is 409 g/mol. The predicted molar refractivity (Wildman–Crippen MR) is 127 cm³/mol. The van der Waals surface area contributed by atoms with Crippen LogP contribution in [0.15, 0.2) is 57.7 Å². The van der Waals surface area contributed by atoms with Gasteiger partial charge in [0.15, 0.2) is 11.6 Å². The molecule has 0 saturated heterocycles. The molecule has 0 amide bonds. The first-order chi connectivity index (χ1) is 13.6. The van der Waals surface area contributed by atoms with Gasteiger partial charge in [-0.3, -0.25) is 9.59 Å². The van der Waals surface area contributed by atoms with Crippen LogP contribution >= 0.6 is 0 Å². The molecule has 0 spiro atoms. The van der Waals surface area contributed by atoms with E-state index < -0.39 is 0 Å². The van der Waals surface area contributed by atoms with Crippen molar-refractivity contribution in [3.8, 4) is 0 Å². The fraction of sp³-hybridized carbons (Fsp3) is 0.571. The van der Waals surface area contributed by atoms with Gasteiger partial charge in [0.1, 0.15) is 0 Å². The molecule has 2 aliphatic carbocycles. The van der Waals surface area contributed by atoms with Crippen LogP contribution in [0.25, 0.3) is 0 Å². The molecule has 2 nitrogen and oxygen atoms in total. The van der Waals surface area contributed by atoms with Crippen molar-refractivity contribution in [1.29, 1.82) is 0 Å². The maximum atomic E-state index is 13.3. The Hall–Kier alpha value is -1.96. The van der Waals surface area contributed by atoms with E-state index in [1.54, 1.807) is 0 Å². The van der Waals surface area contributed by atoms with E-state index in [1.807, 2.05) is 0 Å². The summed E-state index contributed by atoms with van der Waals surface area (Å²) in [4.78, 5) is 26.4. The maximum Gasteiger partial charge on any atom is 0.186 e. The van der Waals surface area contributed by atoms with Gasteiger partial charge in [-0.05, 0) is 71.0 Å². The summed E-state index contributed by atoms with van der Waals surface area (Å²) in [5.74, 6) is 1.16. The lowest BCUT2D eigenvalue weighted by atomic mass is 9.71. The smallest absolute Gasteiger partial charge is 0.186 e. The lowest BCUT2D eigenvalue weighted by molar-refractivity contribution is -0.114. The molecule has 0 bridgehead atoms. The fourth-order valence-electron chi connectivity index (χ4n) is 4.01. The van der Waals surface area contributed by atoms with Gasteiger partial charge in [-0.1, -0.05) is 69.2 Å². The summed E-state index contributed by atoms with van der Waals surface area (Å²) >= 11 is 0. The molecule has 2 aliphatic rings. The van der Waals surface area contributed by atoms with Gasteiger partial charge < -0.3 is 0 Å². The molecule has 0 radical (unpaired) electrons. The van der Waals surface area contributed by atoms with Gasteiger partial charge in [-0.15, -0.1) is 0 Å². The average Bonchev–Trinajstić information content (AvgIpc) is 2.55. The van der Waals surface area contributed by atoms with E-state index in [0.717, 1.165) is 46.3 Å². The minimum Gasteiger partial charge on any atom is -0.289 e. The van der Waals surface area contributed by atoms with Crippen molar-refractivity contribution in [2.24, 2.45) is 22.7 Å².